The Morgan fingerprint density at radius 2 is 1.70 bits per heavy atom. The highest BCUT2D eigenvalue weighted by atomic mass is 35.5. The predicted molar refractivity (Wildman–Crippen MR) is 97.7 cm³/mol. The molecule has 2 aromatic carbocycles. The molecule has 0 bridgehead atoms. The zero-order valence-corrected chi connectivity index (χ0v) is 14.8. The molecule has 0 aliphatic rings. The number of ether oxygens (including phenoxy) is 2. The lowest BCUT2D eigenvalue weighted by atomic mass is 10.2. The van der Waals surface area contributed by atoms with E-state index < -0.39 is 0 Å². The lowest BCUT2D eigenvalue weighted by Gasteiger charge is -2.13. The molecule has 0 heterocycles. The Balaban J connectivity index is 0.00000264. The molecule has 0 fully saturated rings. The third-order valence-corrected chi connectivity index (χ3v) is 3.70. The van der Waals surface area contributed by atoms with Crippen molar-refractivity contribution in [3.8, 4) is 5.75 Å². The number of para-hydroxylation sites is 1. The molecule has 1 N–H and O–H groups in total. The van der Waals surface area contributed by atoms with Gasteiger partial charge in [-0.05, 0) is 25.1 Å². The highest BCUT2D eigenvalue weighted by Crippen LogP contribution is 2.21. The number of hydrogen-bond acceptors (Lipinski definition) is 3. The Morgan fingerprint density at radius 1 is 1.00 bits per heavy atom. The van der Waals surface area contributed by atoms with Crippen LogP contribution in [0.25, 0.3) is 0 Å². The van der Waals surface area contributed by atoms with Crippen molar-refractivity contribution in [2.24, 2.45) is 0 Å². The SMILES string of the molecule is COCCCNCc1ccccc1OCc1ccccc1Cl.Cl. The third-order valence-electron chi connectivity index (χ3n) is 3.33. The Bertz CT molecular complexity index is 578. The highest BCUT2D eigenvalue weighted by Gasteiger charge is 2.05. The summed E-state index contributed by atoms with van der Waals surface area (Å²) < 4.78 is 11.0. The number of hydrogen-bond donors (Lipinski definition) is 1. The van der Waals surface area contributed by atoms with Crippen LogP contribution in [0.4, 0.5) is 0 Å². The average Bonchev–Trinajstić information content (AvgIpc) is 2.55. The van der Waals surface area contributed by atoms with Gasteiger partial charge in [-0.25, -0.2) is 0 Å². The van der Waals surface area contributed by atoms with Crippen molar-refractivity contribution in [2.75, 3.05) is 20.3 Å². The lowest BCUT2D eigenvalue weighted by Crippen LogP contribution is -2.16. The first-order valence-corrected chi connectivity index (χ1v) is 7.83. The van der Waals surface area contributed by atoms with Crippen molar-refractivity contribution in [3.63, 3.8) is 0 Å². The second-order valence-electron chi connectivity index (χ2n) is 5.01. The van der Waals surface area contributed by atoms with E-state index in [1.165, 1.54) is 0 Å². The average molecular weight is 356 g/mol. The van der Waals surface area contributed by atoms with Crippen molar-refractivity contribution >= 4 is 24.0 Å². The smallest absolute Gasteiger partial charge is 0.124 e. The molecule has 0 unspecified atom stereocenters. The zero-order chi connectivity index (χ0) is 15.6. The van der Waals surface area contributed by atoms with Crippen LogP contribution in [0.15, 0.2) is 48.5 Å². The molecular formula is C18H23Cl2NO2. The normalized spacial score (nSPS) is 10.2. The molecule has 0 saturated heterocycles. The van der Waals surface area contributed by atoms with Crippen molar-refractivity contribution in [1.82, 2.24) is 5.32 Å². The van der Waals surface area contributed by atoms with Crippen LogP contribution in [-0.2, 0) is 17.9 Å². The second kappa shape index (κ2) is 11.3. The minimum absolute atomic E-state index is 0. The first-order chi connectivity index (χ1) is 10.8. The van der Waals surface area contributed by atoms with E-state index in [1.54, 1.807) is 7.11 Å². The van der Waals surface area contributed by atoms with Gasteiger partial charge in [-0.15, -0.1) is 12.4 Å². The van der Waals surface area contributed by atoms with E-state index in [4.69, 9.17) is 21.1 Å². The van der Waals surface area contributed by atoms with E-state index in [0.29, 0.717) is 6.61 Å². The zero-order valence-electron chi connectivity index (χ0n) is 13.3. The third kappa shape index (κ3) is 6.80. The van der Waals surface area contributed by atoms with Crippen molar-refractivity contribution < 1.29 is 9.47 Å². The van der Waals surface area contributed by atoms with Crippen LogP contribution in [0, 0.1) is 0 Å². The topological polar surface area (TPSA) is 30.5 Å². The Morgan fingerprint density at radius 3 is 2.43 bits per heavy atom. The number of halogens is 2. The quantitative estimate of drug-likeness (QED) is 0.673. The molecule has 2 rings (SSSR count). The van der Waals surface area contributed by atoms with E-state index in [0.717, 1.165) is 48.0 Å². The summed E-state index contributed by atoms with van der Waals surface area (Å²) in [4.78, 5) is 0. The summed E-state index contributed by atoms with van der Waals surface area (Å²) in [6, 6.07) is 15.8. The van der Waals surface area contributed by atoms with Crippen LogP contribution in [0.5, 0.6) is 5.75 Å². The predicted octanol–water partition coefficient (Wildman–Crippen LogP) is 4.47. The summed E-state index contributed by atoms with van der Waals surface area (Å²) in [6.07, 6.45) is 0.999. The molecule has 0 atom stereocenters. The molecule has 3 nitrogen and oxygen atoms in total. The van der Waals surface area contributed by atoms with E-state index in [9.17, 15) is 0 Å². The van der Waals surface area contributed by atoms with Gasteiger partial charge in [0.15, 0.2) is 0 Å². The maximum absolute atomic E-state index is 6.16. The maximum atomic E-state index is 6.16. The molecule has 5 heteroatoms. The minimum Gasteiger partial charge on any atom is -0.489 e. The molecule has 0 saturated carbocycles. The molecule has 23 heavy (non-hydrogen) atoms. The molecule has 126 valence electrons. The van der Waals surface area contributed by atoms with Gasteiger partial charge in [-0.3, -0.25) is 0 Å². The molecular weight excluding hydrogens is 333 g/mol. The number of nitrogens with one attached hydrogen (secondary N) is 1. The van der Waals surface area contributed by atoms with Gasteiger partial charge in [-0.2, -0.15) is 0 Å². The molecule has 2 aromatic rings. The summed E-state index contributed by atoms with van der Waals surface area (Å²) in [5.74, 6) is 0.890. The summed E-state index contributed by atoms with van der Waals surface area (Å²) in [6.45, 7) is 2.95. The number of methoxy groups -OCH3 is 1. The van der Waals surface area contributed by atoms with Crippen LogP contribution in [0.2, 0.25) is 5.02 Å². The van der Waals surface area contributed by atoms with Crippen molar-refractivity contribution in [1.29, 1.82) is 0 Å². The van der Waals surface area contributed by atoms with E-state index in [1.807, 2.05) is 42.5 Å². The molecule has 0 aliphatic heterocycles. The number of rotatable bonds is 9. The van der Waals surface area contributed by atoms with Gasteiger partial charge < -0.3 is 14.8 Å². The monoisotopic (exact) mass is 355 g/mol. The molecule has 0 spiro atoms. The lowest BCUT2D eigenvalue weighted by molar-refractivity contribution is 0.194. The second-order valence-corrected chi connectivity index (χ2v) is 5.42. The van der Waals surface area contributed by atoms with Crippen LogP contribution in [0.1, 0.15) is 17.5 Å². The van der Waals surface area contributed by atoms with Crippen LogP contribution < -0.4 is 10.1 Å². The highest BCUT2D eigenvalue weighted by molar-refractivity contribution is 6.31. The molecule has 0 aromatic heterocycles. The van der Waals surface area contributed by atoms with Crippen molar-refractivity contribution in [2.45, 2.75) is 19.6 Å². The first kappa shape index (κ1) is 19.8. The summed E-state index contributed by atoms with van der Waals surface area (Å²) in [5.41, 5.74) is 2.14. The van der Waals surface area contributed by atoms with Gasteiger partial charge in [0.1, 0.15) is 12.4 Å². The van der Waals surface area contributed by atoms with Gasteiger partial charge in [0.2, 0.25) is 0 Å². The van der Waals surface area contributed by atoms with Gasteiger partial charge in [0.05, 0.1) is 0 Å². The first-order valence-electron chi connectivity index (χ1n) is 7.45. The fourth-order valence-electron chi connectivity index (χ4n) is 2.13. The Kier molecular flexibility index (Phi) is 9.72. The maximum Gasteiger partial charge on any atom is 0.124 e. The van der Waals surface area contributed by atoms with Crippen LogP contribution >= 0.6 is 24.0 Å². The van der Waals surface area contributed by atoms with E-state index >= 15 is 0 Å². The molecule has 0 amide bonds. The number of benzene rings is 2. The minimum atomic E-state index is 0. The molecule has 0 radical (unpaired) electrons. The van der Waals surface area contributed by atoms with Crippen LogP contribution in [-0.4, -0.2) is 20.3 Å². The summed E-state index contributed by atoms with van der Waals surface area (Å²) in [7, 11) is 1.72. The van der Waals surface area contributed by atoms with Crippen LogP contribution in [0.3, 0.4) is 0 Å². The molecule has 0 aliphatic carbocycles. The Labute approximate surface area is 149 Å². The fourth-order valence-corrected chi connectivity index (χ4v) is 2.32. The Hall–Kier alpha value is -1.26. The van der Waals surface area contributed by atoms with E-state index in [-0.39, 0.29) is 12.4 Å². The van der Waals surface area contributed by atoms with Gasteiger partial charge in [-0.1, -0.05) is 48.0 Å². The van der Waals surface area contributed by atoms with Gasteiger partial charge in [0.25, 0.3) is 0 Å². The summed E-state index contributed by atoms with van der Waals surface area (Å²) >= 11 is 6.16. The van der Waals surface area contributed by atoms with Gasteiger partial charge in [0, 0.05) is 36.4 Å². The summed E-state index contributed by atoms with van der Waals surface area (Å²) in [5, 5.41) is 4.13. The van der Waals surface area contributed by atoms with Gasteiger partial charge >= 0.3 is 0 Å². The largest absolute Gasteiger partial charge is 0.489 e. The van der Waals surface area contributed by atoms with Crippen molar-refractivity contribution in [3.05, 3.63) is 64.7 Å². The fraction of sp³-hybridized carbons (Fsp3) is 0.333. The standard InChI is InChI=1S/C18H22ClNO2.ClH/c1-21-12-6-11-20-13-15-7-3-5-10-18(15)22-14-16-8-2-4-9-17(16)19;/h2-5,7-10,20H,6,11-14H2,1H3;1H. The van der Waals surface area contributed by atoms with E-state index in [2.05, 4.69) is 11.4 Å².